The minimum absolute atomic E-state index is 0.226. The minimum atomic E-state index is -4.30. The summed E-state index contributed by atoms with van der Waals surface area (Å²) in [5.41, 5.74) is 5.54. The fraction of sp³-hybridized carbons (Fsp3) is 0.682. The predicted octanol–water partition coefficient (Wildman–Crippen LogP) is 3.20. The zero-order valence-corrected chi connectivity index (χ0v) is 17.5. The number of rotatable bonds is 7. The number of likely N-dealkylation sites (tertiary alicyclic amines) is 1. The third kappa shape index (κ3) is 6.35. The highest BCUT2D eigenvalue weighted by atomic mass is 19.4. The van der Waals surface area contributed by atoms with Crippen LogP contribution in [-0.4, -0.2) is 68.1 Å². The minimum Gasteiger partial charge on any atom is -0.369 e. The van der Waals surface area contributed by atoms with Crippen molar-refractivity contribution in [3.63, 3.8) is 0 Å². The Bertz CT molecular complexity index is 681. The molecule has 0 spiro atoms. The SMILES string of the molecule is NCCCC(=O)N1CCC(CCN2CCN(c3cccc(C(F)(F)F)c3)CC2)CC1. The molecule has 2 N–H and O–H groups in total. The molecule has 5 nitrogen and oxygen atoms in total. The summed E-state index contributed by atoms with van der Waals surface area (Å²) in [5.74, 6) is 0.870. The Labute approximate surface area is 177 Å². The molecule has 0 aliphatic carbocycles. The molecular weight excluding hydrogens is 393 g/mol. The van der Waals surface area contributed by atoms with E-state index in [-0.39, 0.29) is 5.91 Å². The maximum absolute atomic E-state index is 12.9. The Morgan fingerprint density at radius 1 is 1.07 bits per heavy atom. The van der Waals surface area contributed by atoms with Crippen LogP contribution in [0.2, 0.25) is 0 Å². The molecule has 0 atom stereocenters. The number of piperidine rings is 1. The smallest absolute Gasteiger partial charge is 0.369 e. The molecule has 1 aromatic carbocycles. The van der Waals surface area contributed by atoms with E-state index in [0.29, 0.717) is 24.6 Å². The van der Waals surface area contributed by atoms with Gasteiger partial charge >= 0.3 is 6.18 Å². The highest BCUT2D eigenvalue weighted by Gasteiger charge is 2.31. The van der Waals surface area contributed by atoms with E-state index in [1.165, 1.54) is 12.1 Å². The third-order valence-electron chi connectivity index (χ3n) is 6.33. The summed E-state index contributed by atoms with van der Waals surface area (Å²) in [6.45, 7) is 6.49. The molecule has 168 valence electrons. The van der Waals surface area contributed by atoms with Gasteiger partial charge in [-0.05, 0) is 62.9 Å². The number of alkyl halides is 3. The highest BCUT2D eigenvalue weighted by molar-refractivity contribution is 5.76. The number of carbonyl (C=O) groups excluding carboxylic acids is 1. The van der Waals surface area contributed by atoms with Crippen LogP contribution in [0.1, 0.15) is 37.7 Å². The maximum atomic E-state index is 12.9. The summed E-state index contributed by atoms with van der Waals surface area (Å²) in [7, 11) is 0. The molecule has 2 aliphatic heterocycles. The van der Waals surface area contributed by atoms with E-state index in [9.17, 15) is 18.0 Å². The summed E-state index contributed by atoms with van der Waals surface area (Å²) in [6.07, 6.45) is 0.233. The Kier molecular flexibility index (Phi) is 7.99. The molecule has 8 heteroatoms. The fourth-order valence-electron chi connectivity index (χ4n) is 4.36. The first kappa shape index (κ1) is 22.9. The molecule has 2 aliphatic rings. The lowest BCUT2D eigenvalue weighted by atomic mass is 9.93. The van der Waals surface area contributed by atoms with Gasteiger partial charge in [-0.1, -0.05) is 6.07 Å². The van der Waals surface area contributed by atoms with Crippen molar-refractivity contribution in [2.75, 3.05) is 57.3 Å². The first-order valence-electron chi connectivity index (χ1n) is 11.0. The van der Waals surface area contributed by atoms with Gasteiger partial charge in [0.25, 0.3) is 0 Å². The molecule has 30 heavy (non-hydrogen) atoms. The molecule has 1 amide bonds. The number of anilines is 1. The molecule has 3 rings (SSSR count). The van der Waals surface area contributed by atoms with Gasteiger partial charge in [-0.25, -0.2) is 0 Å². The van der Waals surface area contributed by atoms with Crippen molar-refractivity contribution < 1.29 is 18.0 Å². The van der Waals surface area contributed by atoms with Crippen LogP contribution >= 0.6 is 0 Å². The summed E-state index contributed by atoms with van der Waals surface area (Å²) in [4.78, 5) is 18.5. The van der Waals surface area contributed by atoms with E-state index >= 15 is 0 Å². The van der Waals surface area contributed by atoms with Crippen molar-refractivity contribution in [1.82, 2.24) is 9.80 Å². The summed E-state index contributed by atoms with van der Waals surface area (Å²) >= 11 is 0. The first-order chi connectivity index (χ1) is 14.4. The van der Waals surface area contributed by atoms with E-state index in [1.807, 2.05) is 9.80 Å². The van der Waals surface area contributed by atoms with E-state index in [1.54, 1.807) is 6.07 Å². The standard InChI is InChI=1S/C22H33F3N4O/c23-22(24,25)19-3-1-4-20(17-19)28-15-13-27(14-16-28)10-6-18-7-11-29(12-8-18)21(30)5-2-9-26/h1,3-4,17-18H,2,5-16,26H2. The van der Waals surface area contributed by atoms with Crippen molar-refractivity contribution in [3.8, 4) is 0 Å². The van der Waals surface area contributed by atoms with Crippen molar-refractivity contribution in [2.45, 2.75) is 38.3 Å². The van der Waals surface area contributed by atoms with Gasteiger partial charge in [-0.2, -0.15) is 13.2 Å². The zero-order valence-electron chi connectivity index (χ0n) is 17.5. The molecule has 0 unspecified atom stereocenters. The van der Waals surface area contributed by atoms with Gasteiger partial charge < -0.3 is 15.5 Å². The van der Waals surface area contributed by atoms with Crippen molar-refractivity contribution in [2.24, 2.45) is 11.7 Å². The number of nitrogens with zero attached hydrogens (tertiary/aromatic N) is 3. The van der Waals surface area contributed by atoms with Crippen LogP contribution in [0.15, 0.2) is 24.3 Å². The van der Waals surface area contributed by atoms with Crippen LogP contribution in [0.3, 0.4) is 0 Å². The van der Waals surface area contributed by atoms with Gasteiger partial charge in [0.2, 0.25) is 5.91 Å². The number of carbonyl (C=O) groups is 1. The molecule has 0 saturated carbocycles. The lowest BCUT2D eigenvalue weighted by Gasteiger charge is -2.38. The van der Waals surface area contributed by atoms with Gasteiger partial charge in [-0.15, -0.1) is 0 Å². The molecule has 0 radical (unpaired) electrons. The van der Waals surface area contributed by atoms with E-state index in [0.717, 1.165) is 77.6 Å². The monoisotopic (exact) mass is 426 g/mol. The van der Waals surface area contributed by atoms with E-state index in [2.05, 4.69) is 4.90 Å². The predicted molar refractivity (Wildman–Crippen MR) is 112 cm³/mol. The Morgan fingerprint density at radius 2 is 1.77 bits per heavy atom. The number of benzene rings is 1. The quantitative estimate of drug-likeness (QED) is 0.728. The lowest BCUT2D eigenvalue weighted by molar-refractivity contribution is -0.137. The molecule has 0 aromatic heterocycles. The number of amides is 1. The summed E-state index contributed by atoms with van der Waals surface area (Å²) in [6, 6.07) is 5.61. The van der Waals surface area contributed by atoms with Gasteiger partial charge in [-0.3, -0.25) is 9.69 Å². The third-order valence-corrected chi connectivity index (χ3v) is 6.33. The summed E-state index contributed by atoms with van der Waals surface area (Å²) < 4.78 is 38.8. The first-order valence-corrected chi connectivity index (χ1v) is 11.0. The average molecular weight is 427 g/mol. The summed E-state index contributed by atoms with van der Waals surface area (Å²) in [5, 5.41) is 0. The molecule has 2 saturated heterocycles. The van der Waals surface area contributed by atoms with Gasteiger partial charge in [0.15, 0.2) is 0 Å². The van der Waals surface area contributed by atoms with Gasteiger partial charge in [0.05, 0.1) is 5.56 Å². The van der Waals surface area contributed by atoms with Crippen LogP contribution in [0.25, 0.3) is 0 Å². The van der Waals surface area contributed by atoms with Crippen LogP contribution in [0.5, 0.6) is 0 Å². The average Bonchev–Trinajstić information content (AvgIpc) is 2.76. The molecule has 1 aromatic rings. The van der Waals surface area contributed by atoms with Crippen LogP contribution in [0, 0.1) is 5.92 Å². The second-order valence-corrected chi connectivity index (χ2v) is 8.38. The Hall–Kier alpha value is -1.80. The van der Waals surface area contributed by atoms with Crippen LogP contribution in [-0.2, 0) is 11.0 Å². The fourth-order valence-corrected chi connectivity index (χ4v) is 4.36. The molecular formula is C22H33F3N4O. The van der Waals surface area contributed by atoms with Gasteiger partial charge in [0, 0.05) is 51.4 Å². The molecule has 2 fully saturated rings. The largest absolute Gasteiger partial charge is 0.416 e. The number of hydrogen-bond donors (Lipinski definition) is 1. The van der Waals surface area contributed by atoms with E-state index in [4.69, 9.17) is 5.73 Å². The number of piperazine rings is 1. The van der Waals surface area contributed by atoms with Crippen molar-refractivity contribution in [3.05, 3.63) is 29.8 Å². The Morgan fingerprint density at radius 3 is 2.40 bits per heavy atom. The second-order valence-electron chi connectivity index (χ2n) is 8.38. The maximum Gasteiger partial charge on any atom is 0.416 e. The molecule has 0 bridgehead atoms. The Balaban J connectivity index is 1.37. The highest BCUT2D eigenvalue weighted by Crippen LogP contribution is 2.32. The topological polar surface area (TPSA) is 52.8 Å². The second kappa shape index (κ2) is 10.5. The lowest BCUT2D eigenvalue weighted by Crippen LogP contribution is -2.47. The van der Waals surface area contributed by atoms with Crippen LogP contribution in [0.4, 0.5) is 18.9 Å². The molecule has 2 heterocycles. The van der Waals surface area contributed by atoms with Crippen molar-refractivity contribution in [1.29, 1.82) is 0 Å². The zero-order chi connectivity index (χ0) is 21.6. The number of halogens is 3. The number of hydrogen-bond acceptors (Lipinski definition) is 4. The van der Waals surface area contributed by atoms with E-state index < -0.39 is 11.7 Å². The number of nitrogens with two attached hydrogens (primary N) is 1. The van der Waals surface area contributed by atoms with Crippen LogP contribution < -0.4 is 10.6 Å². The normalized spacial score (nSPS) is 19.3. The van der Waals surface area contributed by atoms with Crippen molar-refractivity contribution >= 4 is 11.6 Å². The van der Waals surface area contributed by atoms with Gasteiger partial charge in [0.1, 0.15) is 0 Å².